The Bertz CT molecular complexity index is 1000. The summed E-state index contributed by atoms with van der Waals surface area (Å²) in [6, 6.07) is 11.6. The Labute approximate surface area is 192 Å². The quantitative estimate of drug-likeness (QED) is 0.522. The first-order valence-corrected chi connectivity index (χ1v) is 10.8. The van der Waals surface area contributed by atoms with E-state index in [0.717, 1.165) is 18.4 Å². The third-order valence-electron chi connectivity index (χ3n) is 5.17. The normalized spacial score (nSPS) is 15.6. The minimum atomic E-state index is -0.674. The van der Waals surface area contributed by atoms with Gasteiger partial charge in [0.2, 0.25) is 0 Å². The number of allylic oxidation sites excluding steroid dienone is 1. The minimum Gasteiger partial charge on any atom is -0.493 e. The van der Waals surface area contributed by atoms with E-state index in [1.54, 1.807) is 37.4 Å². The van der Waals surface area contributed by atoms with E-state index in [4.69, 9.17) is 25.8 Å². The monoisotopic (exact) mass is 458 g/mol. The van der Waals surface area contributed by atoms with Crippen molar-refractivity contribution in [2.75, 3.05) is 14.2 Å². The highest BCUT2D eigenvalue weighted by Crippen LogP contribution is 2.35. The number of amides is 2. The summed E-state index contributed by atoms with van der Waals surface area (Å²) in [5.74, 6) is 0.540. The molecular weight excluding hydrogens is 432 g/mol. The number of nitrogens with one attached hydrogen (secondary N) is 2. The van der Waals surface area contributed by atoms with Gasteiger partial charge in [0.05, 0.1) is 25.8 Å². The van der Waals surface area contributed by atoms with E-state index in [2.05, 4.69) is 10.6 Å². The average Bonchev–Trinajstić information content (AvgIpc) is 2.81. The SMILES string of the molecule is CCCCC1=C(C(=O)OC)C(c2ccc(OC)c(OCc3ccc(Cl)cc3)c2)NC(=O)N1. The number of carbonyl (C=O) groups excluding carboxylic acids is 2. The number of hydrogen-bond donors (Lipinski definition) is 2. The van der Waals surface area contributed by atoms with Gasteiger partial charge in [-0.3, -0.25) is 0 Å². The highest BCUT2D eigenvalue weighted by molar-refractivity contribution is 6.30. The van der Waals surface area contributed by atoms with Crippen LogP contribution in [0, 0.1) is 0 Å². The Morgan fingerprint density at radius 2 is 1.84 bits per heavy atom. The molecule has 7 nitrogen and oxygen atoms in total. The van der Waals surface area contributed by atoms with Crippen LogP contribution in [0.3, 0.4) is 0 Å². The smallest absolute Gasteiger partial charge is 0.337 e. The van der Waals surface area contributed by atoms with Gasteiger partial charge < -0.3 is 24.8 Å². The third kappa shape index (κ3) is 5.53. The minimum absolute atomic E-state index is 0.303. The fourth-order valence-corrected chi connectivity index (χ4v) is 3.62. The van der Waals surface area contributed by atoms with Crippen LogP contribution in [0.1, 0.15) is 43.4 Å². The van der Waals surface area contributed by atoms with Gasteiger partial charge in [-0.1, -0.05) is 43.1 Å². The maximum Gasteiger partial charge on any atom is 0.337 e. The van der Waals surface area contributed by atoms with Crippen LogP contribution in [0.2, 0.25) is 5.02 Å². The number of benzene rings is 2. The van der Waals surface area contributed by atoms with Crippen molar-refractivity contribution < 1.29 is 23.8 Å². The van der Waals surface area contributed by atoms with Crippen LogP contribution in [-0.4, -0.2) is 26.2 Å². The molecule has 0 saturated carbocycles. The number of rotatable bonds is 9. The maximum absolute atomic E-state index is 12.6. The zero-order valence-electron chi connectivity index (χ0n) is 18.4. The highest BCUT2D eigenvalue weighted by atomic mass is 35.5. The number of hydrogen-bond acceptors (Lipinski definition) is 5. The molecule has 3 rings (SSSR count). The Morgan fingerprint density at radius 3 is 2.50 bits per heavy atom. The molecule has 8 heteroatoms. The molecule has 2 aromatic carbocycles. The predicted octanol–water partition coefficient (Wildman–Crippen LogP) is 4.90. The number of carbonyl (C=O) groups is 2. The number of methoxy groups -OCH3 is 2. The summed E-state index contributed by atoms with van der Waals surface area (Å²) in [4.78, 5) is 25.0. The summed E-state index contributed by atoms with van der Waals surface area (Å²) >= 11 is 5.95. The average molecular weight is 459 g/mol. The van der Waals surface area contributed by atoms with Crippen LogP contribution < -0.4 is 20.1 Å². The number of unbranched alkanes of at least 4 members (excludes halogenated alkanes) is 1. The first kappa shape index (κ1) is 23.5. The zero-order chi connectivity index (χ0) is 23.1. The fraction of sp³-hybridized carbons (Fsp3) is 0.333. The van der Waals surface area contributed by atoms with E-state index in [-0.39, 0.29) is 6.03 Å². The number of urea groups is 1. The molecule has 0 spiro atoms. The first-order chi connectivity index (χ1) is 15.5. The summed E-state index contributed by atoms with van der Waals surface area (Å²) in [5, 5.41) is 6.24. The molecule has 1 aliphatic rings. The summed E-state index contributed by atoms with van der Waals surface area (Å²) in [6.45, 7) is 2.35. The van der Waals surface area contributed by atoms with Crippen LogP contribution in [0.15, 0.2) is 53.7 Å². The van der Waals surface area contributed by atoms with Crippen LogP contribution >= 0.6 is 11.6 Å². The van der Waals surface area contributed by atoms with Gasteiger partial charge in [-0.15, -0.1) is 0 Å². The van der Waals surface area contributed by atoms with Gasteiger partial charge in [0.15, 0.2) is 11.5 Å². The molecular formula is C24H27ClN2O5. The summed E-state index contributed by atoms with van der Waals surface area (Å²) in [7, 11) is 2.88. The van der Waals surface area contributed by atoms with E-state index in [0.29, 0.717) is 46.4 Å². The lowest BCUT2D eigenvalue weighted by Gasteiger charge is -2.29. The second-order valence-corrected chi connectivity index (χ2v) is 7.78. The molecule has 1 heterocycles. The van der Waals surface area contributed by atoms with Crippen molar-refractivity contribution in [2.24, 2.45) is 0 Å². The molecule has 2 N–H and O–H groups in total. The van der Waals surface area contributed by atoms with E-state index in [1.165, 1.54) is 7.11 Å². The van der Waals surface area contributed by atoms with Crippen LogP contribution in [-0.2, 0) is 16.1 Å². The molecule has 0 bridgehead atoms. The summed E-state index contributed by atoms with van der Waals surface area (Å²) < 4.78 is 16.5. The predicted molar refractivity (Wildman–Crippen MR) is 122 cm³/mol. The van der Waals surface area contributed by atoms with E-state index in [1.807, 2.05) is 19.1 Å². The molecule has 1 aliphatic heterocycles. The van der Waals surface area contributed by atoms with Crippen molar-refractivity contribution in [3.05, 3.63) is 69.9 Å². The second-order valence-electron chi connectivity index (χ2n) is 7.34. The summed E-state index contributed by atoms with van der Waals surface area (Å²) in [6.07, 6.45) is 2.33. The van der Waals surface area contributed by atoms with Crippen molar-refractivity contribution in [3.63, 3.8) is 0 Å². The number of halogens is 1. The summed E-state index contributed by atoms with van der Waals surface area (Å²) in [5.41, 5.74) is 2.58. The number of esters is 1. The molecule has 0 aliphatic carbocycles. The maximum atomic E-state index is 12.6. The first-order valence-electron chi connectivity index (χ1n) is 10.4. The lowest BCUT2D eigenvalue weighted by Crippen LogP contribution is -2.45. The van der Waals surface area contributed by atoms with Gasteiger partial charge in [0.1, 0.15) is 6.61 Å². The van der Waals surface area contributed by atoms with E-state index >= 15 is 0 Å². The van der Waals surface area contributed by atoms with Gasteiger partial charge >= 0.3 is 12.0 Å². The van der Waals surface area contributed by atoms with Crippen LogP contribution in [0.5, 0.6) is 11.5 Å². The van der Waals surface area contributed by atoms with Crippen molar-refractivity contribution in [1.82, 2.24) is 10.6 Å². The van der Waals surface area contributed by atoms with Gasteiger partial charge in [-0.2, -0.15) is 0 Å². The zero-order valence-corrected chi connectivity index (χ0v) is 19.1. The molecule has 32 heavy (non-hydrogen) atoms. The number of ether oxygens (including phenoxy) is 3. The molecule has 2 aromatic rings. The lowest BCUT2D eigenvalue weighted by atomic mass is 9.93. The van der Waals surface area contributed by atoms with Crippen molar-refractivity contribution in [2.45, 2.75) is 38.8 Å². The van der Waals surface area contributed by atoms with Gasteiger partial charge in [-0.05, 0) is 48.2 Å². The molecule has 1 unspecified atom stereocenters. The second kappa shape index (κ2) is 10.9. The van der Waals surface area contributed by atoms with Crippen molar-refractivity contribution in [3.8, 4) is 11.5 Å². The molecule has 0 fully saturated rings. The molecule has 0 aromatic heterocycles. The Kier molecular flexibility index (Phi) is 8.00. The van der Waals surface area contributed by atoms with Crippen molar-refractivity contribution >= 4 is 23.6 Å². The topological polar surface area (TPSA) is 85.9 Å². The van der Waals surface area contributed by atoms with Crippen LogP contribution in [0.4, 0.5) is 4.79 Å². The third-order valence-corrected chi connectivity index (χ3v) is 5.42. The fourth-order valence-electron chi connectivity index (χ4n) is 3.50. The Hall–Kier alpha value is -3.19. The van der Waals surface area contributed by atoms with E-state index in [9.17, 15) is 9.59 Å². The molecule has 0 radical (unpaired) electrons. The van der Waals surface area contributed by atoms with Crippen molar-refractivity contribution in [1.29, 1.82) is 0 Å². The Morgan fingerprint density at radius 1 is 1.09 bits per heavy atom. The van der Waals surface area contributed by atoms with Crippen LogP contribution in [0.25, 0.3) is 0 Å². The molecule has 2 amide bonds. The lowest BCUT2D eigenvalue weighted by molar-refractivity contribution is -0.136. The molecule has 0 saturated heterocycles. The van der Waals surface area contributed by atoms with E-state index < -0.39 is 12.0 Å². The van der Waals surface area contributed by atoms with Gasteiger partial charge in [-0.25, -0.2) is 9.59 Å². The Balaban J connectivity index is 1.95. The largest absolute Gasteiger partial charge is 0.493 e. The van der Waals surface area contributed by atoms with Gasteiger partial charge in [0.25, 0.3) is 0 Å². The molecule has 1 atom stereocenters. The standard InChI is InChI=1S/C24H27ClN2O5/c1-4-5-6-18-21(23(28)31-3)22(27-24(29)26-18)16-9-12-19(30-2)20(13-16)32-14-15-7-10-17(25)11-8-15/h7-13,22H,4-6,14H2,1-3H3,(H2,26,27,29). The highest BCUT2D eigenvalue weighted by Gasteiger charge is 2.33. The molecule has 170 valence electrons. The van der Waals surface area contributed by atoms with Gasteiger partial charge in [0, 0.05) is 10.7 Å².